The van der Waals surface area contributed by atoms with Crippen molar-refractivity contribution in [2.45, 2.75) is 130 Å². The van der Waals surface area contributed by atoms with E-state index >= 15 is 0 Å². The van der Waals surface area contributed by atoms with Gasteiger partial charge >= 0.3 is 0 Å². The molecule has 0 aliphatic heterocycles. The van der Waals surface area contributed by atoms with Crippen molar-refractivity contribution in [2.75, 3.05) is 6.61 Å². The molecule has 1 nitrogen and oxygen atoms in total. The summed E-state index contributed by atoms with van der Waals surface area (Å²) >= 11 is 0. The Morgan fingerprint density at radius 3 is 1.22 bits per heavy atom. The van der Waals surface area contributed by atoms with Crippen molar-refractivity contribution in [1.82, 2.24) is 0 Å². The standard InChI is InChI=1S/C22H46O/c1-4-5-6-7-8-9-10-11-12-13-14-15-16-17-18-19-22(2,3)20-21-23/h23H,4-21H2,1-3H3. The van der Waals surface area contributed by atoms with Crippen molar-refractivity contribution in [3.63, 3.8) is 0 Å². The zero-order valence-electron chi connectivity index (χ0n) is 16.7. The van der Waals surface area contributed by atoms with Gasteiger partial charge in [-0.1, -0.05) is 117 Å². The Morgan fingerprint density at radius 1 is 0.522 bits per heavy atom. The molecule has 0 aromatic carbocycles. The molecule has 0 unspecified atom stereocenters. The van der Waals surface area contributed by atoms with E-state index < -0.39 is 0 Å². The lowest BCUT2D eigenvalue weighted by molar-refractivity contribution is 0.198. The molecule has 0 aliphatic rings. The maximum Gasteiger partial charge on any atom is 0.0436 e. The van der Waals surface area contributed by atoms with Crippen LogP contribution >= 0.6 is 0 Å². The topological polar surface area (TPSA) is 20.2 Å². The van der Waals surface area contributed by atoms with Crippen molar-refractivity contribution in [3.05, 3.63) is 0 Å². The highest BCUT2D eigenvalue weighted by molar-refractivity contribution is 4.67. The van der Waals surface area contributed by atoms with Gasteiger partial charge in [0, 0.05) is 6.61 Å². The third kappa shape index (κ3) is 18.1. The van der Waals surface area contributed by atoms with E-state index in [9.17, 15) is 0 Å². The highest BCUT2D eigenvalue weighted by Gasteiger charge is 2.15. The number of hydrogen-bond acceptors (Lipinski definition) is 1. The molecule has 0 rings (SSSR count). The summed E-state index contributed by atoms with van der Waals surface area (Å²) in [5, 5.41) is 9.03. The predicted molar refractivity (Wildman–Crippen MR) is 105 cm³/mol. The van der Waals surface area contributed by atoms with Gasteiger partial charge in [0.2, 0.25) is 0 Å². The lowest BCUT2D eigenvalue weighted by Crippen LogP contribution is -2.12. The van der Waals surface area contributed by atoms with Crippen LogP contribution in [-0.4, -0.2) is 11.7 Å². The van der Waals surface area contributed by atoms with Crippen LogP contribution in [0.2, 0.25) is 0 Å². The smallest absolute Gasteiger partial charge is 0.0436 e. The first kappa shape index (κ1) is 23.0. The van der Waals surface area contributed by atoms with Gasteiger partial charge in [0.05, 0.1) is 0 Å². The average molecular weight is 327 g/mol. The minimum Gasteiger partial charge on any atom is -0.396 e. The number of aliphatic hydroxyl groups is 1. The maximum absolute atomic E-state index is 9.03. The Balaban J connectivity index is 3.11. The van der Waals surface area contributed by atoms with Gasteiger partial charge in [0.15, 0.2) is 0 Å². The molecule has 0 saturated carbocycles. The first-order valence-corrected chi connectivity index (χ1v) is 10.7. The van der Waals surface area contributed by atoms with Crippen LogP contribution in [-0.2, 0) is 0 Å². The first-order chi connectivity index (χ1) is 11.1. The molecule has 0 radical (unpaired) electrons. The van der Waals surface area contributed by atoms with E-state index in [1.54, 1.807) is 0 Å². The molecule has 1 heteroatoms. The first-order valence-electron chi connectivity index (χ1n) is 10.7. The van der Waals surface area contributed by atoms with E-state index in [2.05, 4.69) is 20.8 Å². The molecule has 0 fully saturated rings. The number of aliphatic hydroxyl groups excluding tert-OH is 1. The van der Waals surface area contributed by atoms with Crippen molar-refractivity contribution in [2.24, 2.45) is 5.41 Å². The van der Waals surface area contributed by atoms with Gasteiger partial charge in [-0.2, -0.15) is 0 Å². The van der Waals surface area contributed by atoms with E-state index in [0.29, 0.717) is 12.0 Å². The van der Waals surface area contributed by atoms with Crippen LogP contribution in [0.25, 0.3) is 0 Å². The van der Waals surface area contributed by atoms with Crippen LogP contribution in [0.15, 0.2) is 0 Å². The molecule has 23 heavy (non-hydrogen) atoms. The Kier molecular flexibility index (Phi) is 16.8. The average Bonchev–Trinajstić information content (AvgIpc) is 2.51. The summed E-state index contributed by atoms with van der Waals surface area (Å²) in [6.45, 7) is 7.20. The van der Waals surface area contributed by atoms with Crippen LogP contribution in [0.1, 0.15) is 130 Å². The molecule has 0 heterocycles. The second-order valence-corrected chi connectivity index (χ2v) is 8.34. The van der Waals surface area contributed by atoms with E-state index in [1.165, 1.54) is 103 Å². The minimum absolute atomic E-state index is 0.339. The minimum atomic E-state index is 0.339. The fourth-order valence-electron chi connectivity index (χ4n) is 3.40. The van der Waals surface area contributed by atoms with Gasteiger partial charge in [0.1, 0.15) is 0 Å². The lowest BCUT2D eigenvalue weighted by atomic mass is 9.84. The van der Waals surface area contributed by atoms with E-state index in [0.717, 1.165) is 6.42 Å². The molecule has 0 aromatic rings. The second-order valence-electron chi connectivity index (χ2n) is 8.34. The lowest BCUT2D eigenvalue weighted by Gasteiger charge is -2.23. The Labute approximate surface area is 147 Å². The summed E-state index contributed by atoms with van der Waals surface area (Å²) in [5.74, 6) is 0. The number of unbranched alkanes of at least 4 members (excludes halogenated alkanes) is 14. The SMILES string of the molecule is CCCCCCCCCCCCCCCCCC(C)(C)CCO. The predicted octanol–water partition coefficient (Wildman–Crippen LogP) is 7.66. The Hall–Kier alpha value is -0.0400. The van der Waals surface area contributed by atoms with Crippen molar-refractivity contribution in [1.29, 1.82) is 0 Å². The van der Waals surface area contributed by atoms with E-state index in [1.807, 2.05) is 0 Å². The summed E-state index contributed by atoms with van der Waals surface area (Å²) in [7, 11) is 0. The maximum atomic E-state index is 9.03. The quantitative estimate of drug-likeness (QED) is 0.256. The summed E-state index contributed by atoms with van der Waals surface area (Å²) in [6, 6.07) is 0. The van der Waals surface area contributed by atoms with Gasteiger partial charge in [-0.3, -0.25) is 0 Å². The fourth-order valence-corrected chi connectivity index (χ4v) is 3.40. The van der Waals surface area contributed by atoms with Gasteiger partial charge in [-0.25, -0.2) is 0 Å². The van der Waals surface area contributed by atoms with Gasteiger partial charge in [-0.15, -0.1) is 0 Å². The van der Waals surface area contributed by atoms with Gasteiger partial charge < -0.3 is 5.11 Å². The van der Waals surface area contributed by atoms with Crippen molar-refractivity contribution < 1.29 is 5.11 Å². The van der Waals surface area contributed by atoms with Crippen molar-refractivity contribution in [3.8, 4) is 0 Å². The zero-order valence-corrected chi connectivity index (χ0v) is 16.7. The van der Waals surface area contributed by atoms with Crippen LogP contribution in [0.3, 0.4) is 0 Å². The van der Waals surface area contributed by atoms with Crippen LogP contribution in [0.5, 0.6) is 0 Å². The molecule has 0 amide bonds. The van der Waals surface area contributed by atoms with Crippen molar-refractivity contribution >= 4 is 0 Å². The summed E-state index contributed by atoms with van der Waals surface area (Å²) in [6.07, 6.45) is 23.7. The zero-order chi connectivity index (χ0) is 17.2. The highest BCUT2D eigenvalue weighted by atomic mass is 16.3. The molecule has 0 spiro atoms. The highest BCUT2D eigenvalue weighted by Crippen LogP contribution is 2.27. The number of hydrogen-bond donors (Lipinski definition) is 1. The largest absolute Gasteiger partial charge is 0.396 e. The second kappa shape index (κ2) is 16.8. The number of rotatable bonds is 18. The normalized spacial score (nSPS) is 12.0. The molecular weight excluding hydrogens is 280 g/mol. The molecule has 1 N–H and O–H groups in total. The third-order valence-corrected chi connectivity index (χ3v) is 5.25. The monoisotopic (exact) mass is 326 g/mol. The van der Waals surface area contributed by atoms with Crippen LogP contribution < -0.4 is 0 Å². The van der Waals surface area contributed by atoms with Gasteiger partial charge in [0.25, 0.3) is 0 Å². The molecule has 0 bridgehead atoms. The van der Waals surface area contributed by atoms with E-state index in [-0.39, 0.29) is 0 Å². The van der Waals surface area contributed by atoms with Crippen LogP contribution in [0.4, 0.5) is 0 Å². The molecular formula is C22H46O. The molecule has 0 aliphatic carbocycles. The molecule has 140 valence electrons. The fraction of sp³-hybridized carbons (Fsp3) is 1.00. The Bertz CT molecular complexity index is 222. The molecule has 0 atom stereocenters. The molecule has 0 saturated heterocycles. The summed E-state index contributed by atoms with van der Waals surface area (Å²) < 4.78 is 0. The summed E-state index contributed by atoms with van der Waals surface area (Å²) in [5.41, 5.74) is 0.339. The molecule has 0 aromatic heterocycles. The van der Waals surface area contributed by atoms with Gasteiger partial charge in [-0.05, 0) is 18.3 Å². The third-order valence-electron chi connectivity index (χ3n) is 5.25. The summed E-state index contributed by atoms with van der Waals surface area (Å²) in [4.78, 5) is 0. The Morgan fingerprint density at radius 2 is 0.870 bits per heavy atom. The van der Waals surface area contributed by atoms with Crippen LogP contribution in [0, 0.1) is 5.41 Å². The van der Waals surface area contributed by atoms with E-state index in [4.69, 9.17) is 5.11 Å².